The number of carboxylic acid groups (broad SMARTS) is 1. The summed E-state index contributed by atoms with van der Waals surface area (Å²) in [7, 11) is 0. The van der Waals surface area contributed by atoms with E-state index in [2.05, 4.69) is 20.6 Å². The van der Waals surface area contributed by atoms with E-state index in [-0.39, 0.29) is 19.4 Å². The molecule has 1 fully saturated rings. The lowest BCUT2D eigenvalue weighted by molar-refractivity contribution is -0.149. The number of hydrogen-bond donors (Lipinski definition) is 6. The molecule has 1 aliphatic rings. The number of hydrogen-bond acceptors (Lipinski definition) is 7. The van der Waals surface area contributed by atoms with Crippen LogP contribution in [0.5, 0.6) is 0 Å². The van der Waals surface area contributed by atoms with Gasteiger partial charge in [0.25, 0.3) is 0 Å². The molecule has 188 valence electrons. The predicted molar refractivity (Wildman–Crippen MR) is 124 cm³/mol. The maximum absolute atomic E-state index is 13.3. The SMILES string of the molecule is NC(Cc1cnc[nH]1)C(=O)NC(CO)C(=O)NC(Cc1ccccc1)C(=O)N1CCCC1C(=O)O. The van der Waals surface area contributed by atoms with Crippen molar-refractivity contribution in [2.75, 3.05) is 13.2 Å². The minimum atomic E-state index is -1.35. The molecular weight excluding hydrogens is 456 g/mol. The van der Waals surface area contributed by atoms with E-state index in [0.29, 0.717) is 18.5 Å². The number of nitrogens with zero attached hydrogens (tertiary/aromatic N) is 2. The molecule has 0 saturated carbocycles. The number of aliphatic hydroxyl groups excluding tert-OH is 1. The second-order valence-corrected chi connectivity index (χ2v) is 8.41. The number of H-pyrrole nitrogens is 1. The average molecular weight is 487 g/mol. The maximum atomic E-state index is 13.3. The lowest BCUT2D eigenvalue weighted by atomic mass is 10.0. The Morgan fingerprint density at radius 3 is 2.46 bits per heavy atom. The van der Waals surface area contributed by atoms with E-state index in [4.69, 9.17) is 5.73 Å². The minimum Gasteiger partial charge on any atom is -0.480 e. The Balaban J connectivity index is 1.70. The van der Waals surface area contributed by atoms with Crippen molar-refractivity contribution in [2.24, 2.45) is 5.73 Å². The van der Waals surface area contributed by atoms with Crippen LogP contribution in [-0.2, 0) is 32.0 Å². The molecule has 0 aliphatic carbocycles. The summed E-state index contributed by atoms with van der Waals surface area (Å²) in [5.41, 5.74) is 7.28. The van der Waals surface area contributed by atoms with E-state index in [9.17, 15) is 29.4 Å². The van der Waals surface area contributed by atoms with Gasteiger partial charge in [-0.2, -0.15) is 0 Å². The van der Waals surface area contributed by atoms with Gasteiger partial charge in [0, 0.05) is 31.3 Å². The number of nitrogens with one attached hydrogen (secondary N) is 3. The fraction of sp³-hybridized carbons (Fsp3) is 0.435. The molecular formula is C23H30N6O6. The van der Waals surface area contributed by atoms with Gasteiger partial charge in [0.05, 0.1) is 19.0 Å². The number of carboxylic acids is 1. The zero-order valence-corrected chi connectivity index (χ0v) is 19.1. The number of amides is 3. The Labute approximate surface area is 201 Å². The third kappa shape index (κ3) is 6.87. The van der Waals surface area contributed by atoms with Gasteiger partial charge in [0.2, 0.25) is 17.7 Å². The number of carbonyl (C=O) groups excluding carboxylic acids is 3. The number of rotatable bonds is 11. The molecule has 0 radical (unpaired) electrons. The number of likely N-dealkylation sites (tertiary alicyclic amines) is 1. The van der Waals surface area contributed by atoms with Gasteiger partial charge < -0.3 is 36.5 Å². The third-order valence-electron chi connectivity index (χ3n) is 5.87. The smallest absolute Gasteiger partial charge is 0.326 e. The molecule has 2 aromatic rings. The molecule has 7 N–H and O–H groups in total. The number of aliphatic hydroxyl groups is 1. The lowest BCUT2D eigenvalue weighted by Gasteiger charge is -2.28. The number of aliphatic carboxylic acids is 1. The molecule has 1 aromatic carbocycles. The minimum absolute atomic E-state index is 0.111. The van der Waals surface area contributed by atoms with Crippen molar-refractivity contribution in [1.29, 1.82) is 0 Å². The number of aromatic amines is 1. The molecule has 1 aromatic heterocycles. The molecule has 1 saturated heterocycles. The fourth-order valence-corrected chi connectivity index (χ4v) is 4.01. The molecule has 2 heterocycles. The summed E-state index contributed by atoms with van der Waals surface area (Å²) in [6.07, 6.45) is 4.09. The first-order valence-electron chi connectivity index (χ1n) is 11.3. The molecule has 12 nitrogen and oxygen atoms in total. The number of carbonyl (C=O) groups is 4. The van der Waals surface area contributed by atoms with E-state index < -0.39 is 54.5 Å². The standard InChI is InChI=1S/C23H30N6O6/c24-16(10-15-11-25-13-26-15)20(31)28-18(12-30)21(32)27-17(9-14-5-2-1-3-6-14)22(33)29-8-4-7-19(29)23(34)35/h1-3,5-6,11,13,16-19,30H,4,7-10,12,24H2,(H,25,26)(H,27,32)(H,28,31)(H,34,35). The van der Waals surface area contributed by atoms with Gasteiger partial charge in [-0.05, 0) is 18.4 Å². The molecule has 12 heteroatoms. The summed E-state index contributed by atoms with van der Waals surface area (Å²) >= 11 is 0. The van der Waals surface area contributed by atoms with Gasteiger partial charge in [-0.1, -0.05) is 30.3 Å². The van der Waals surface area contributed by atoms with Gasteiger partial charge in [-0.3, -0.25) is 14.4 Å². The Bertz CT molecular complexity index is 1010. The van der Waals surface area contributed by atoms with Crippen molar-refractivity contribution in [2.45, 2.75) is 49.9 Å². The van der Waals surface area contributed by atoms with Crippen LogP contribution < -0.4 is 16.4 Å². The maximum Gasteiger partial charge on any atom is 0.326 e. The van der Waals surface area contributed by atoms with Crippen LogP contribution in [0.3, 0.4) is 0 Å². The zero-order chi connectivity index (χ0) is 25.4. The Kier molecular flexibility index (Phi) is 8.92. The van der Waals surface area contributed by atoms with Gasteiger partial charge in [0.1, 0.15) is 18.1 Å². The highest BCUT2D eigenvalue weighted by Crippen LogP contribution is 2.19. The van der Waals surface area contributed by atoms with Gasteiger partial charge in [-0.15, -0.1) is 0 Å². The number of imidazole rings is 1. The van der Waals surface area contributed by atoms with Crippen molar-refractivity contribution in [3.05, 3.63) is 54.1 Å². The molecule has 4 unspecified atom stereocenters. The summed E-state index contributed by atoms with van der Waals surface area (Å²) in [5, 5.41) is 24.2. The first-order chi connectivity index (χ1) is 16.8. The Morgan fingerprint density at radius 1 is 1.11 bits per heavy atom. The number of aromatic nitrogens is 2. The van der Waals surface area contributed by atoms with E-state index in [0.717, 1.165) is 5.56 Å². The molecule has 1 aliphatic heterocycles. The van der Waals surface area contributed by atoms with Crippen LogP contribution in [0.15, 0.2) is 42.9 Å². The van der Waals surface area contributed by atoms with Gasteiger partial charge >= 0.3 is 5.97 Å². The van der Waals surface area contributed by atoms with E-state index in [1.54, 1.807) is 24.3 Å². The van der Waals surface area contributed by atoms with Crippen molar-refractivity contribution < 1.29 is 29.4 Å². The van der Waals surface area contributed by atoms with Gasteiger partial charge in [0.15, 0.2) is 0 Å². The number of benzene rings is 1. The third-order valence-corrected chi connectivity index (χ3v) is 5.87. The summed E-state index contributed by atoms with van der Waals surface area (Å²) in [5.74, 6) is -3.08. The first-order valence-corrected chi connectivity index (χ1v) is 11.3. The van der Waals surface area contributed by atoms with Crippen LogP contribution in [0.2, 0.25) is 0 Å². The molecule has 3 amide bonds. The highest BCUT2D eigenvalue weighted by atomic mass is 16.4. The largest absolute Gasteiger partial charge is 0.480 e. The van der Waals surface area contributed by atoms with E-state index >= 15 is 0 Å². The van der Waals surface area contributed by atoms with Crippen molar-refractivity contribution in [1.82, 2.24) is 25.5 Å². The van der Waals surface area contributed by atoms with E-state index in [1.807, 2.05) is 6.07 Å². The summed E-state index contributed by atoms with van der Waals surface area (Å²) in [6, 6.07) is 4.54. The monoisotopic (exact) mass is 486 g/mol. The van der Waals surface area contributed by atoms with Gasteiger partial charge in [-0.25, -0.2) is 9.78 Å². The zero-order valence-electron chi connectivity index (χ0n) is 19.1. The molecule has 35 heavy (non-hydrogen) atoms. The van der Waals surface area contributed by atoms with Crippen molar-refractivity contribution in [3.8, 4) is 0 Å². The molecule has 4 atom stereocenters. The predicted octanol–water partition coefficient (Wildman–Crippen LogP) is -1.44. The lowest BCUT2D eigenvalue weighted by Crippen LogP contribution is -2.58. The van der Waals surface area contributed by atoms with Crippen molar-refractivity contribution >= 4 is 23.7 Å². The summed E-state index contributed by atoms with van der Waals surface area (Å²) in [6.45, 7) is -0.457. The van der Waals surface area contributed by atoms with Crippen LogP contribution in [-0.4, -0.2) is 86.1 Å². The molecule has 3 rings (SSSR count). The van der Waals surface area contributed by atoms with Crippen LogP contribution >= 0.6 is 0 Å². The fourth-order valence-electron chi connectivity index (χ4n) is 4.01. The average Bonchev–Trinajstić information content (AvgIpc) is 3.54. The normalized spacial score (nSPS) is 17.9. The van der Waals surface area contributed by atoms with Crippen LogP contribution in [0, 0.1) is 0 Å². The van der Waals surface area contributed by atoms with Crippen molar-refractivity contribution in [3.63, 3.8) is 0 Å². The highest BCUT2D eigenvalue weighted by molar-refractivity contribution is 5.94. The first kappa shape index (κ1) is 25.8. The topological polar surface area (TPSA) is 191 Å². The van der Waals surface area contributed by atoms with Crippen LogP contribution in [0.25, 0.3) is 0 Å². The molecule has 0 bridgehead atoms. The Morgan fingerprint density at radius 2 is 1.83 bits per heavy atom. The number of nitrogens with two attached hydrogens (primary N) is 1. The summed E-state index contributed by atoms with van der Waals surface area (Å²) < 4.78 is 0. The van der Waals surface area contributed by atoms with Crippen LogP contribution in [0.4, 0.5) is 0 Å². The second kappa shape index (κ2) is 12.1. The van der Waals surface area contributed by atoms with Crippen LogP contribution in [0.1, 0.15) is 24.1 Å². The summed E-state index contributed by atoms with van der Waals surface area (Å²) in [4.78, 5) is 58.2. The Hall–Kier alpha value is -3.77. The quantitative estimate of drug-likeness (QED) is 0.222. The molecule has 0 spiro atoms. The van der Waals surface area contributed by atoms with E-state index in [1.165, 1.54) is 17.4 Å². The highest BCUT2D eigenvalue weighted by Gasteiger charge is 2.38. The second-order valence-electron chi connectivity index (χ2n) is 8.41.